The van der Waals surface area contributed by atoms with Crippen molar-refractivity contribution in [3.8, 4) is 0 Å². The first kappa shape index (κ1) is 18.1. The lowest BCUT2D eigenvalue weighted by Crippen LogP contribution is -2.38. The third-order valence-electron chi connectivity index (χ3n) is 4.44. The highest BCUT2D eigenvalue weighted by molar-refractivity contribution is 6.32. The fourth-order valence-corrected chi connectivity index (χ4v) is 3.06. The SMILES string of the molecule is BC(O)(C1=C(C)C(=O)c2ccccc2C1=O)c1ccc(C(F)(F)F)cn1. The first-order valence-corrected chi connectivity index (χ1v) is 7.71. The van der Waals surface area contributed by atoms with E-state index in [2.05, 4.69) is 4.98 Å². The van der Waals surface area contributed by atoms with Crippen LogP contribution in [0, 0.1) is 0 Å². The van der Waals surface area contributed by atoms with Crippen molar-refractivity contribution in [2.24, 2.45) is 0 Å². The van der Waals surface area contributed by atoms with Crippen molar-refractivity contribution >= 4 is 19.4 Å². The third kappa shape index (κ3) is 2.76. The van der Waals surface area contributed by atoms with Crippen molar-refractivity contribution in [2.75, 3.05) is 0 Å². The van der Waals surface area contributed by atoms with Gasteiger partial charge in [-0.3, -0.25) is 14.6 Å². The summed E-state index contributed by atoms with van der Waals surface area (Å²) in [6, 6.07) is 7.97. The number of nitrogens with zero attached hydrogens (tertiary/aromatic N) is 1. The van der Waals surface area contributed by atoms with Gasteiger partial charge in [-0.1, -0.05) is 24.3 Å². The molecule has 1 aromatic carbocycles. The van der Waals surface area contributed by atoms with Gasteiger partial charge >= 0.3 is 6.18 Å². The monoisotopic (exact) mass is 359 g/mol. The molecule has 132 valence electrons. The Morgan fingerprint density at radius 1 is 1.00 bits per heavy atom. The van der Waals surface area contributed by atoms with Crippen molar-refractivity contribution in [3.05, 3.63) is 76.1 Å². The minimum atomic E-state index is -4.57. The van der Waals surface area contributed by atoms with Crippen LogP contribution in [0.3, 0.4) is 0 Å². The van der Waals surface area contributed by atoms with E-state index in [4.69, 9.17) is 0 Å². The molecule has 1 aliphatic rings. The lowest BCUT2D eigenvalue weighted by Gasteiger charge is -2.30. The molecule has 0 aliphatic heterocycles. The second-order valence-electron chi connectivity index (χ2n) is 6.21. The first-order valence-electron chi connectivity index (χ1n) is 7.71. The van der Waals surface area contributed by atoms with Crippen LogP contribution in [0.25, 0.3) is 0 Å². The molecule has 1 aromatic heterocycles. The summed E-state index contributed by atoms with van der Waals surface area (Å²) in [5, 5.41) is 10.9. The largest absolute Gasteiger partial charge is 0.417 e. The summed E-state index contributed by atoms with van der Waals surface area (Å²) < 4.78 is 38.1. The van der Waals surface area contributed by atoms with Gasteiger partial charge in [0, 0.05) is 28.5 Å². The molecular formula is C18H13BF3NO3. The van der Waals surface area contributed by atoms with Gasteiger partial charge in [0.25, 0.3) is 0 Å². The third-order valence-corrected chi connectivity index (χ3v) is 4.44. The number of hydrogen-bond acceptors (Lipinski definition) is 4. The van der Waals surface area contributed by atoms with Crippen molar-refractivity contribution < 1.29 is 27.9 Å². The number of aromatic nitrogens is 1. The van der Waals surface area contributed by atoms with Crippen LogP contribution in [0.1, 0.15) is 38.9 Å². The van der Waals surface area contributed by atoms with Crippen molar-refractivity contribution in [2.45, 2.75) is 18.6 Å². The van der Waals surface area contributed by atoms with Crippen LogP contribution < -0.4 is 0 Å². The summed E-state index contributed by atoms with van der Waals surface area (Å²) in [6.45, 7) is 1.41. The lowest BCUT2D eigenvalue weighted by molar-refractivity contribution is -0.137. The summed E-state index contributed by atoms with van der Waals surface area (Å²) in [7, 11) is 1.24. The number of fused-ring (bicyclic) bond motifs is 1. The van der Waals surface area contributed by atoms with E-state index < -0.39 is 28.8 Å². The summed E-state index contributed by atoms with van der Waals surface area (Å²) in [4.78, 5) is 29.1. The van der Waals surface area contributed by atoms with E-state index in [0.717, 1.165) is 12.1 Å². The number of halogens is 3. The van der Waals surface area contributed by atoms with Crippen LogP contribution in [-0.4, -0.2) is 29.5 Å². The number of alkyl halides is 3. The van der Waals surface area contributed by atoms with Gasteiger partial charge in [0.2, 0.25) is 0 Å². The number of benzene rings is 1. The van der Waals surface area contributed by atoms with E-state index in [1.165, 1.54) is 26.9 Å². The van der Waals surface area contributed by atoms with Crippen LogP contribution in [0.5, 0.6) is 0 Å². The number of carbonyl (C=O) groups excluding carboxylic acids is 2. The van der Waals surface area contributed by atoms with Crippen molar-refractivity contribution in [1.29, 1.82) is 0 Å². The smallest absolute Gasteiger partial charge is 0.388 e. The van der Waals surface area contributed by atoms with Crippen LogP contribution >= 0.6 is 0 Å². The maximum Gasteiger partial charge on any atom is 0.417 e. The van der Waals surface area contributed by atoms with Crippen LogP contribution in [0.2, 0.25) is 0 Å². The van der Waals surface area contributed by atoms with E-state index in [1.54, 1.807) is 12.1 Å². The molecule has 1 unspecified atom stereocenters. The topological polar surface area (TPSA) is 67.3 Å². The van der Waals surface area contributed by atoms with Crippen molar-refractivity contribution in [1.82, 2.24) is 4.98 Å². The average molecular weight is 359 g/mol. The second-order valence-corrected chi connectivity index (χ2v) is 6.21. The Hall–Kier alpha value is -2.74. The van der Waals surface area contributed by atoms with E-state index in [0.29, 0.717) is 6.20 Å². The highest BCUT2D eigenvalue weighted by Crippen LogP contribution is 2.36. The van der Waals surface area contributed by atoms with Gasteiger partial charge in [-0.25, -0.2) is 0 Å². The Kier molecular flexibility index (Phi) is 4.11. The summed E-state index contributed by atoms with van der Waals surface area (Å²) in [5.41, 5.74) is -2.91. The molecule has 2 aromatic rings. The molecule has 0 saturated heterocycles. The van der Waals surface area contributed by atoms with Gasteiger partial charge in [-0.05, 0) is 19.1 Å². The predicted octanol–water partition coefficient (Wildman–Crippen LogP) is 2.27. The number of hydrogen-bond donors (Lipinski definition) is 1. The fraction of sp³-hybridized carbons (Fsp3) is 0.167. The van der Waals surface area contributed by atoms with Gasteiger partial charge in [-0.2, -0.15) is 13.2 Å². The van der Waals surface area contributed by atoms with Gasteiger partial charge in [0.1, 0.15) is 0 Å². The molecule has 0 bridgehead atoms. The molecule has 1 N–H and O–H groups in total. The molecule has 26 heavy (non-hydrogen) atoms. The maximum atomic E-state index is 12.8. The molecule has 1 aliphatic carbocycles. The van der Waals surface area contributed by atoms with E-state index in [-0.39, 0.29) is 28.0 Å². The molecule has 0 fully saturated rings. The Labute approximate surface area is 147 Å². The molecule has 3 rings (SSSR count). The summed E-state index contributed by atoms with van der Waals surface area (Å²) in [6.07, 6.45) is -3.98. The van der Waals surface area contributed by atoms with Gasteiger partial charge in [0.15, 0.2) is 19.4 Å². The molecule has 0 saturated carbocycles. The minimum Gasteiger partial charge on any atom is -0.388 e. The molecule has 8 heteroatoms. The number of carbonyl (C=O) groups is 2. The van der Waals surface area contributed by atoms with Crippen molar-refractivity contribution in [3.63, 3.8) is 0 Å². The molecule has 4 nitrogen and oxygen atoms in total. The summed E-state index contributed by atoms with van der Waals surface area (Å²) in [5.74, 6) is -0.966. The highest BCUT2D eigenvalue weighted by Gasteiger charge is 2.41. The quantitative estimate of drug-likeness (QED) is 0.836. The van der Waals surface area contributed by atoms with Crippen LogP contribution in [0.4, 0.5) is 13.2 Å². The van der Waals surface area contributed by atoms with E-state index >= 15 is 0 Å². The Morgan fingerprint density at radius 2 is 1.58 bits per heavy atom. The zero-order valence-corrected chi connectivity index (χ0v) is 13.9. The Bertz CT molecular complexity index is 947. The normalized spacial score (nSPS) is 17.1. The maximum absolute atomic E-state index is 12.8. The fourth-order valence-electron chi connectivity index (χ4n) is 3.06. The average Bonchev–Trinajstić information content (AvgIpc) is 2.59. The number of ketones is 2. The zero-order valence-electron chi connectivity index (χ0n) is 13.9. The lowest BCUT2D eigenvalue weighted by atomic mass is 9.66. The number of Topliss-reactive ketones (excluding diaryl/α,β-unsaturated/α-hetero) is 2. The first-order chi connectivity index (χ1) is 12.0. The van der Waals surface area contributed by atoms with Crippen LogP contribution in [-0.2, 0) is 11.7 Å². The van der Waals surface area contributed by atoms with Gasteiger partial charge in [0.05, 0.1) is 16.8 Å². The molecule has 0 spiro atoms. The molecule has 0 radical (unpaired) electrons. The molecular weight excluding hydrogens is 346 g/mol. The molecule has 1 atom stereocenters. The molecule has 0 amide bonds. The number of rotatable bonds is 2. The van der Waals surface area contributed by atoms with E-state index in [9.17, 15) is 27.9 Å². The predicted molar refractivity (Wildman–Crippen MR) is 89.5 cm³/mol. The number of allylic oxidation sites excluding steroid dienone is 1. The zero-order chi connectivity index (χ0) is 19.3. The number of pyridine rings is 1. The van der Waals surface area contributed by atoms with Gasteiger partial charge < -0.3 is 5.11 Å². The summed E-state index contributed by atoms with van der Waals surface area (Å²) >= 11 is 0. The number of aliphatic hydroxyl groups is 1. The molecule has 1 heterocycles. The second kappa shape index (κ2) is 5.91. The Balaban J connectivity index is 2.11. The minimum absolute atomic E-state index is 0.0420. The Morgan fingerprint density at radius 3 is 2.08 bits per heavy atom. The van der Waals surface area contributed by atoms with Crippen LogP contribution in [0.15, 0.2) is 53.7 Å². The van der Waals surface area contributed by atoms with Gasteiger partial charge in [-0.15, -0.1) is 0 Å². The van der Waals surface area contributed by atoms with E-state index in [1.807, 2.05) is 0 Å². The standard InChI is InChI=1S/C18H13BF3NO3/c1-9-14(16(25)12-5-3-2-4-11(12)15(9)24)17(19,26)13-7-6-10(8-23-13)18(20,21)22/h2-8,26H,19H2,1H3. The highest BCUT2D eigenvalue weighted by atomic mass is 19.4.